The quantitative estimate of drug-likeness (QED) is 0.763. The van der Waals surface area contributed by atoms with Gasteiger partial charge in [-0.25, -0.2) is 8.42 Å². The standard InChI is InChI=1S/C13H7BrClNO3S/c14-12-7-11(20(15,17)18)5-6-13(12)19-10-3-1-9(8-16)2-4-10/h1-7H. The Morgan fingerprint density at radius 1 is 1.15 bits per heavy atom. The van der Waals surface area contributed by atoms with E-state index in [2.05, 4.69) is 15.9 Å². The lowest BCUT2D eigenvalue weighted by Crippen LogP contribution is -1.92. The fourth-order valence-corrected chi connectivity index (χ4v) is 2.83. The molecule has 0 unspecified atom stereocenters. The Bertz CT molecular complexity index is 782. The van der Waals surface area contributed by atoms with Crippen LogP contribution in [-0.4, -0.2) is 8.42 Å². The van der Waals surface area contributed by atoms with E-state index in [1.165, 1.54) is 18.2 Å². The summed E-state index contributed by atoms with van der Waals surface area (Å²) in [4.78, 5) is -0.0155. The lowest BCUT2D eigenvalue weighted by atomic mass is 10.2. The zero-order valence-corrected chi connectivity index (χ0v) is 13.0. The molecule has 2 aromatic carbocycles. The molecule has 0 N–H and O–H groups in total. The first-order valence-electron chi connectivity index (χ1n) is 5.32. The smallest absolute Gasteiger partial charge is 0.261 e. The Hall–Kier alpha value is -1.55. The van der Waals surface area contributed by atoms with E-state index in [0.29, 0.717) is 21.5 Å². The van der Waals surface area contributed by atoms with E-state index in [1.807, 2.05) is 6.07 Å². The summed E-state index contributed by atoms with van der Waals surface area (Å²) < 4.78 is 28.4. The number of ether oxygens (including phenoxy) is 1. The minimum atomic E-state index is -3.77. The molecule has 0 bridgehead atoms. The van der Waals surface area contributed by atoms with Gasteiger partial charge in [-0.05, 0) is 58.4 Å². The summed E-state index contributed by atoms with van der Waals surface area (Å²) in [6.07, 6.45) is 0. The van der Waals surface area contributed by atoms with Gasteiger partial charge in [-0.3, -0.25) is 0 Å². The Kier molecular flexibility index (Phi) is 4.33. The van der Waals surface area contributed by atoms with E-state index >= 15 is 0 Å². The molecule has 0 aliphatic rings. The fraction of sp³-hybridized carbons (Fsp3) is 0. The molecule has 0 aliphatic heterocycles. The Morgan fingerprint density at radius 3 is 2.30 bits per heavy atom. The van der Waals surface area contributed by atoms with E-state index in [-0.39, 0.29) is 4.90 Å². The lowest BCUT2D eigenvalue weighted by Gasteiger charge is -2.08. The molecule has 4 nitrogen and oxygen atoms in total. The first-order chi connectivity index (χ1) is 9.40. The molecule has 0 saturated heterocycles. The van der Waals surface area contributed by atoms with Crippen LogP contribution in [0.2, 0.25) is 0 Å². The predicted octanol–water partition coefficient (Wildman–Crippen LogP) is 4.04. The van der Waals surface area contributed by atoms with Crippen molar-refractivity contribution in [1.29, 1.82) is 5.26 Å². The maximum Gasteiger partial charge on any atom is 0.261 e. The van der Waals surface area contributed by atoms with Crippen LogP contribution in [0.4, 0.5) is 0 Å². The second-order valence-electron chi connectivity index (χ2n) is 3.77. The Labute approximate surface area is 129 Å². The minimum absolute atomic E-state index is 0.0155. The van der Waals surface area contributed by atoms with Gasteiger partial charge >= 0.3 is 0 Å². The molecule has 2 aromatic rings. The number of nitriles is 1. The second kappa shape index (κ2) is 5.83. The molecule has 0 amide bonds. The summed E-state index contributed by atoms with van der Waals surface area (Å²) in [7, 11) is 1.48. The first-order valence-corrected chi connectivity index (χ1v) is 8.42. The molecular formula is C13H7BrClNO3S. The summed E-state index contributed by atoms with van der Waals surface area (Å²) in [6, 6.07) is 12.8. The summed E-state index contributed by atoms with van der Waals surface area (Å²) in [5.41, 5.74) is 0.528. The zero-order valence-electron chi connectivity index (χ0n) is 9.88. The third-order valence-corrected chi connectivity index (χ3v) is 4.37. The molecule has 0 aliphatic carbocycles. The van der Waals surface area contributed by atoms with E-state index in [0.717, 1.165) is 0 Å². The molecule has 0 atom stereocenters. The number of benzene rings is 2. The van der Waals surface area contributed by atoms with E-state index < -0.39 is 9.05 Å². The number of hydrogen-bond acceptors (Lipinski definition) is 4. The van der Waals surface area contributed by atoms with Gasteiger partial charge in [0.2, 0.25) is 0 Å². The zero-order chi connectivity index (χ0) is 14.8. The Balaban J connectivity index is 2.28. The van der Waals surface area contributed by atoms with Crippen LogP contribution in [0.3, 0.4) is 0 Å². The topological polar surface area (TPSA) is 67.2 Å². The maximum absolute atomic E-state index is 11.2. The van der Waals surface area contributed by atoms with Crippen molar-refractivity contribution in [3.63, 3.8) is 0 Å². The summed E-state index contributed by atoms with van der Waals surface area (Å²) >= 11 is 3.22. The van der Waals surface area contributed by atoms with Crippen LogP contribution in [-0.2, 0) is 9.05 Å². The summed E-state index contributed by atoms with van der Waals surface area (Å²) in [5, 5.41) is 8.70. The SMILES string of the molecule is N#Cc1ccc(Oc2ccc(S(=O)(=O)Cl)cc2Br)cc1. The normalized spacial score (nSPS) is 10.8. The average Bonchev–Trinajstić information content (AvgIpc) is 2.41. The highest BCUT2D eigenvalue weighted by atomic mass is 79.9. The van der Waals surface area contributed by atoms with Crippen molar-refractivity contribution in [2.24, 2.45) is 0 Å². The average molecular weight is 373 g/mol. The highest BCUT2D eigenvalue weighted by Gasteiger charge is 2.13. The van der Waals surface area contributed by atoms with Crippen LogP contribution >= 0.6 is 26.6 Å². The number of hydrogen-bond donors (Lipinski definition) is 0. The number of halogens is 2. The Morgan fingerprint density at radius 2 is 1.80 bits per heavy atom. The molecule has 0 heterocycles. The molecule has 0 saturated carbocycles. The highest BCUT2D eigenvalue weighted by molar-refractivity contribution is 9.10. The van der Waals surface area contributed by atoms with Crippen molar-refractivity contribution in [2.45, 2.75) is 4.90 Å². The van der Waals surface area contributed by atoms with E-state index in [9.17, 15) is 8.42 Å². The van der Waals surface area contributed by atoms with Gasteiger partial charge in [-0.1, -0.05) is 0 Å². The van der Waals surface area contributed by atoms with Crippen molar-refractivity contribution in [3.8, 4) is 17.6 Å². The molecule has 20 heavy (non-hydrogen) atoms. The van der Waals surface area contributed by atoms with Gasteiger partial charge in [0.05, 0.1) is 21.0 Å². The van der Waals surface area contributed by atoms with Crippen molar-refractivity contribution in [3.05, 3.63) is 52.5 Å². The molecule has 0 radical (unpaired) electrons. The fourth-order valence-electron chi connectivity index (χ4n) is 1.44. The molecule has 0 spiro atoms. The van der Waals surface area contributed by atoms with Crippen LogP contribution < -0.4 is 4.74 Å². The van der Waals surface area contributed by atoms with Crippen molar-refractivity contribution in [1.82, 2.24) is 0 Å². The van der Waals surface area contributed by atoms with Crippen LogP contribution in [0.5, 0.6) is 11.5 Å². The van der Waals surface area contributed by atoms with E-state index in [4.69, 9.17) is 20.7 Å². The molecular weight excluding hydrogens is 366 g/mol. The van der Waals surface area contributed by atoms with Gasteiger partial charge in [-0.15, -0.1) is 0 Å². The molecule has 2 rings (SSSR count). The summed E-state index contributed by atoms with van der Waals surface area (Å²) in [6.45, 7) is 0. The maximum atomic E-state index is 11.2. The van der Waals surface area contributed by atoms with Crippen molar-refractivity contribution in [2.75, 3.05) is 0 Å². The van der Waals surface area contributed by atoms with Crippen LogP contribution in [0.25, 0.3) is 0 Å². The molecule has 0 fully saturated rings. The summed E-state index contributed by atoms with van der Waals surface area (Å²) in [5.74, 6) is 0.977. The molecule has 0 aromatic heterocycles. The molecule has 102 valence electrons. The van der Waals surface area contributed by atoms with Gasteiger partial charge < -0.3 is 4.74 Å². The predicted molar refractivity (Wildman–Crippen MR) is 78.4 cm³/mol. The molecule has 7 heteroatoms. The lowest BCUT2D eigenvalue weighted by molar-refractivity contribution is 0.479. The third-order valence-electron chi connectivity index (χ3n) is 2.40. The third kappa shape index (κ3) is 3.51. The monoisotopic (exact) mass is 371 g/mol. The number of nitrogens with zero attached hydrogens (tertiary/aromatic N) is 1. The first kappa shape index (κ1) is 14.9. The van der Waals surface area contributed by atoms with Crippen molar-refractivity contribution >= 4 is 35.7 Å². The van der Waals surface area contributed by atoms with Crippen LogP contribution in [0, 0.1) is 11.3 Å². The minimum Gasteiger partial charge on any atom is -0.456 e. The number of rotatable bonds is 3. The van der Waals surface area contributed by atoms with Gasteiger partial charge in [0.15, 0.2) is 0 Å². The second-order valence-corrected chi connectivity index (χ2v) is 7.19. The van der Waals surface area contributed by atoms with Gasteiger partial charge in [0, 0.05) is 10.7 Å². The van der Waals surface area contributed by atoms with Crippen LogP contribution in [0.1, 0.15) is 5.56 Å². The largest absolute Gasteiger partial charge is 0.456 e. The van der Waals surface area contributed by atoms with Crippen LogP contribution in [0.15, 0.2) is 51.8 Å². The van der Waals surface area contributed by atoms with Gasteiger partial charge in [0.25, 0.3) is 9.05 Å². The highest BCUT2D eigenvalue weighted by Crippen LogP contribution is 2.32. The van der Waals surface area contributed by atoms with E-state index in [1.54, 1.807) is 24.3 Å². The van der Waals surface area contributed by atoms with Gasteiger partial charge in [0.1, 0.15) is 11.5 Å². The van der Waals surface area contributed by atoms with Gasteiger partial charge in [-0.2, -0.15) is 5.26 Å². The van der Waals surface area contributed by atoms with Crippen molar-refractivity contribution < 1.29 is 13.2 Å².